The lowest BCUT2D eigenvalue weighted by Gasteiger charge is -2.34. The van der Waals surface area contributed by atoms with Crippen molar-refractivity contribution in [2.24, 2.45) is 5.41 Å². The van der Waals surface area contributed by atoms with Crippen LogP contribution in [0.1, 0.15) is 38.8 Å². The molecule has 3 atom stereocenters. The number of rotatable bonds is 7. The third-order valence-corrected chi connectivity index (χ3v) is 5.42. The topological polar surface area (TPSA) is 94.2 Å². The average molecular weight is 469 g/mol. The molecular weight excluding hydrogens is 436 g/mol. The zero-order valence-electron chi connectivity index (χ0n) is 20.0. The zero-order valence-corrected chi connectivity index (χ0v) is 20.0. The fourth-order valence-corrected chi connectivity index (χ4v) is 3.73. The lowest BCUT2D eigenvalue weighted by molar-refractivity contribution is -0.145. The van der Waals surface area contributed by atoms with E-state index in [9.17, 15) is 14.4 Å². The van der Waals surface area contributed by atoms with Gasteiger partial charge >= 0.3 is 12.1 Å². The third-order valence-electron chi connectivity index (χ3n) is 5.42. The highest BCUT2D eigenvalue weighted by molar-refractivity contribution is 5.89. The lowest BCUT2D eigenvalue weighted by Crippen LogP contribution is -2.54. The Kier molecular flexibility index (Phi) is 8.28. The zero-order chi connectivity index (χ0) is 24.7. The standard InChI is InChI=1S/C26H32N2O6/c1-18-22(23(30)27-15-21(29)32-16-19-11-7-5-8-12-19)28(24(34-18)26(2,3)4)25(31)33-17-20-13-9-6-10-14-20/h5-14,18,22,24H,15-17H2,1-4H3,(H,27,30)/t18-,22+,24+/m1/s1. The number of hydrogen-bond donors (Lipinski definition) is 1. The van der Waals surface area contributed by atoms with Crippen molar-refractivity contribution in [1.82, 2.24) is 10.2 Å². The highest BCUT2D eigenvalue weighted by Crippen LogP contribution is 2.35. The summed E-state index contributed by atoms with van der Waals surface area (Å²) in [6, 6.07) is 17.6. The second kappa shape index (κ2) is 11.2. The Bertz CT molecular complexity index is 974. The summed E-state index contributed by atoms with van der Waals surface area (Å²) in [6.07, 6.45) is -1.92. The first-order valence-electron chi connectivity index (χ1n) is 11.3. The van der Waals surface area contributed by atoms with Crippen LogP contribution in [-0.4, -0.2) is 47.8 Å². The fraction of sp³-hybridized carbons (Fsp3) is 0.423. The van der Waals surface area contributed by atoms with E-state index in [0.29, 0.717) is 0 Å². The van der Waals surface area contributed by atoms with Crippen LogP contribution >= 0.6 is 0 Å². The van der Waals surface area contributed by atoms with Crippen LogP contribution in [-0.2, 0) is 37.0 Å². The van der Waals surface area contributed by atoms with Crippen LogP contribution in [0.3, 0.4) is 0 Å². The molecular formula is C26H32N2O6. The van der Waals surface area contributed by atoms with E-state index >= 15 is 0 Å². The molecule has 34 heavy (non-hydrogen) atoms. The van der Waals surface area contributed by atoms with Crippen molar-refractivity contribution >= 4 is 18.0 Å². The molecule has 1 aliphatic heterocycles. The SMILES string of the molecule is C[C@H]1O[C@@H](C(C)(C)C)N(C(=O)OCc2ccccc2)[C@@H]1C(=O)NCC(=O)OCc1ccccc1. The van der Waals surface area contributed by atoms with Crippen LogP contribution in [0, 0.1) is 5.41 Å². The van der Waals surface area contributed by atoms with Gasteiger partial charge in [-0.3, -0.25) is 14.5 Å². The molecule has 0 radical (unpaired) electrons. The number of ether oxygens (including phenoxy) is 3. The summed E-state index contributed by atoms with van der Waals surface area (Å²) in [7, 11) is 0. The van der Waals surface area contributed by atoms with E-state index in [2.05, 4.69) is 5.32 Å². The van der Waals surface area contributed by atoms with Crippen LogP contribution in [0.5, 0.6) is 0 Å². The van der Waals surface area contributed by atoms with E-state index in [1.54, 1.807) is 6.92 Å². The molecule has 1 aliphatic rings. The fourth-order valence-electron chi connectivity index (χ4n) is 3.73. The molecule has 3 rings (SSSR count). The number of carbonyl (C=O) groups is 3. The Morgan fingerprint density at radius 1 is 0.912 bits per heavy atom. The van der Waals surface area contributed by atoms with Gasteiger partial charge in [-0.1, -0.05) is 81.4 Å². The van der Waals surface area contributed by atoms with Gasteiger partial charge in [-0.05, 0) is 18.1 Å². The summed E-state index contributed by atoms with van der Waals surface area (Å²) in [4.78, 5) is 39.6. The van der Waals surface area contributed by atoms with Crippen molar-refractivity contribution in [3.8, 4) is 0 Å². The molecule has 2 amide bonds. The van der Waals surface area contributed by atoms with E-state index in [0.717, 1.165) is 11.1 Å². The van der Waals surface area contributed by atoms with Gasteiger partial charge in [0.05, 0.1) is 6.10 Å². The number of carbonyl (C=O) groups excluding carboxylic acids is 3. The van der Waals surface area contributed by atoms with Crippen molar-refractivity contribution in [3.63, 3.8) is 0 Å². The van der Waals surface area contributed by atoms with Gasteiger partial charge in [-0.2, -0.15) is 0 Å². The smallest absolute Gasteiger partial charge is 0.412 e. The van der Waals surface area contributed by atoms with E-state index in [1.807, 2.05) is 81.4 Å². The maximum absolute atomic E-state index is 13.1. The predicted octanol–water partition coefficient (Wildman–Crippen LogP) is 3.64. The molecule has 0 aromatic heterocycles. The van der Waals surface area contributed by atoms with Crippen LogP contribution in [0.2, 0.25) is 0 Å². The van der Waals surface area contributed by atoms with E-state index in [1.165, 1.54) is 4.90 Å². The van der Waals surface area contributed by atoms with Gasteiger partial charge in [-0.25, -0.2) is 4.79 Å². The van der Waals surface area contributed by atoms with Gasteiger partial charge in [0.15, 0.2) is 0 Å². The number of esters is 1. The van der Waals surface area contributed by atoms with Gasteiger partial charge in [0, 0.05) is 5.41 Å². The number of nitrogens with zero attached hydrogens (tertiary/aromatic N) is 1. The normalized spacial score (nSPS) is 20.0. The maximum Gasteiger partial charge on any atom is 0.412 e. The monoisotopic (exact) mass is 468 g/mol. The Hall–Kier alpha value is -3.39. The molecule has 0 aliphatic carbocycles. The average Bonchev–Trinajstić information content (AvgIpc) is 3.19. The number of amides is 2. The first-order valence-corrected chi connectivity index (χ1v) is 11.3. The lowest BCUT2D eigenvalue weighted by atomic mass is 9.93. The molecule has 0 bridgehead atoms. The third kappa shape index (κ3) is 6.57. The minimum Gasteiger partial charge on any atom is -0.460 e. The molecule has 1 N–H and O–H groups in total. The number of hydrogen-bond acceptors (Lipinski definition) is 6. The molecule has 2 aromatic carbocycles. The quantitative estimate of drug-likeness (QED) is 0.624. The van der Waals surface area contributed by atoms with Crippen LogP contribution in [0.4, 0.5) is 4.79 Å². The largest absolute Gasteiger partial charge is 0.460 e. The molecule has 0 spiro atoms. The highest BCUT2D eigenvalue weighted by atomic mass is 16.6. The van der Waals surface area contributed by atoms with Crippen molar-refractivity contribution in [2.75, 3.05) is 6.54 Å². The Labute approximate surface area is 200 Å². The van der Waals surface area contributed by atoms with Crippen LogP contribution in [0.25, 0.3) is 0 Å². The van der Waals surface area contributed by atoms with Crippen molar-refractivity contribution in [2.45, 2.75) is 59.3 Å². The molecule has 1 fully saturated rings. The summed E-state index contributed by atoms with van der Waals surface area (Å²) in [5.74, 6) is -1.08. The predicted molar refractivity (Wildman–Crippen MR) is 125 cm³/mol. The van der Waals surface area contributed by atoms with Gasteiger partial charge in [0.1, 0.15) is 32.0 Å². The highest BCUT2D eigenvalue weighted by Gasteiger charge is 2.51. The summed E-state index contributed by atoms with van der Waals surface area (Å²) in [5.41, 5.74) is 1.21. The Morgan fingerprint density at radius 2 is 1.44 bits per heavy atom. The maximum atomic E-state index is 13.1. The second-order valence-electron chi connectivity index (χ2n) is 9.32. The summed E-state index contributed by atoms with van der Waals surface area (Å²) in [6.45, 7) is 7.35. The van der Waals surface area contributed by atoms with Gasteiger partial charge in [-0.15, -0.1) is 0 Å². The summed E-state index contributed by atoms with van der Waals surface area (Å²) >= 11 is 0. The number of benzene rings is 2. The van der Waals surface area contributed by atoms with E-state index in [-0.39, 0.29) is 19.8 Å². The molecule has 0 saturated carbocycles. The second-order valence-corrected chi connectivity index (χ2v) is 9.32. The molecule has 0 unspecified atom stereocenters. The van der Waals surface area contributed by atoms with Crippen molar-refractivity contribution in [3.05, 3.63) is 71.8 Å². The molecule has 1 heterocycles. The molecule has 2 aromatic rings. The van der Waals surface area contributed by atoms with Crippen LogP contribution < -0.4 is 5.32 Å². The minimum absolute atomic E-state index is 0.0710. The first kappa shape index (κ1) is 25.2. The number of nitrogens with one attached hydrogen (secondary N) is 1. The van der Waals surface area contributed by atoms with Gasteiger partial charge in [0.2, 0.25) is 5.91 Å². The molecule has 8 heteroatoms. The molecule has 1 saturated heterocycles. The van der Waals surface area contributed by atoms with Crippen LogP contribution in [0.15, 0.2) is 60.7 Å². The minimum atomic E-state index is -0.950. The van der Waals surface area contributed by atoms with E-state index in [4.69, 9.17) is 14.2 Å². The Morgan fingerprint density at radius 3 is 1.97 bits per heavy atom. The van der Waals surface area contributed by atoms with E-state index < -0.39 is 41.8 Å². The molecule has 182 valence electrons. The Balaban J connectivity index is 1.63. The van der Waals surface area contributed by atoms with Gasteiger partial charge < -0.3 is 19.5 Å². The van der Waals surface area contributed by atoms with Crippen molar-refractivity contribution < 1.29 is 28.6 Å². The first-order chi connectivity index (χ1) is 16.2. The summed E-state index contributed by atoms with van der Waals surface area (Å²) in [5, 5.41) is 2.58. The van der Waals surface area contributed by atoms with Crippen molar-refractivity contribution in [1.29, 1.82) is 0 Å². The molecule has 8 nitrogen and oxygen atoms in total. The summed E-state index contributed by atoms with van der Waals surface area (Å²) < 4.78 is 16.7. The van der Waals surface area contributed by atoms with Gasteiger partial charge in [0.25, 0.3) is 0 Å².